The number of carbonyl (C=O) groups is 1. The minimum atomic E-state index is 0. The molecule has 1 aliphatic carbocycles. The summed E-state index contributed by atoms with van der Waals surface area (Å²) in [6, 6.07) is 2.39. The van der Waals surface area contributed by atoms with E-state index < -0.39 is 0 Å². The third-order valence-electron chi connectivity index (χ3n) is 3.77. The van der Waals surface area contributed by atoms with Crippen LogP contribution in [0.3, 0.4) is 0 Å². The predicted octanol–water partition coefficient (Wildman–Crippen LogP) is 1.10. The lowest BCUT2D eigenvalue weighted by Gasteiger charge is -2.18. The van der Waals surface area contributed by atoms with Crippen molar-refractivity contribution in [1.29, 1.82) is 0 Å². The number of likely N-dealkylation sites (N-methyl/N-ethyl adjacent to an activating group) is 1. The number of guanidine groups is 1. The lowest BCUT2D eigenvalue weighted by atomic mass is 10.2. The van der Waals surface area contributed by atoms with Crippen molar-refractivity contribution in [2.75, 3.05) is 20.6 Å². The van der Waals surface area contributed by atoms with Crippen molar-refractivity contribution >= 4 is 35.8 Å². The molecule has 0 saturated heterocycles. The van der Waals surface area contributed by atoms with Gasteiger partial charge in [0.2, 0.25) is 5.91 Å². The second-order valence-electron chi connectivity index (χ2n) is 5.91. The van der Waals surface area contributed by atoms with Crippen molar-refractivity contribution in [3.05, 3.63) is 18.0 Å². The number of hydrogen-bond acceptors (Lipinski definition) is 3. The van der Waals surface area contributed by atoms with Crippen LogP contribution >= 0.6 is 24.0 Å². The Morgan fingerprint density at radius 2 is 2.13 bits per heavy atom. The van der Waals surface area contributed by atoms with Crippen LogP contribution < -0.4 is 10.6 Å². The number of aryl methyl sites for hydroxylation is 1. The second-order valence-corrected chi connectivity index (χ2v) is 5.91. The fraction of sp³-hybridized carbons (Fsp3) is 0.667. The quantitative estimate of drug-likeness (QED) is 0.414. The molecule has 23 heavy (non-hydrogen) atoms. The number of amides is 1. The maximum absolute atomic E-state index is 11.7. The molecule has 0 radical (unpaired) electrons. The number of nitrogens with zero attached hydrogens (tertiary/aromatic N) is 4. The van der Waals surface area contributed by atoms with Gasteiger partial charge in [-0.2, -0.15) is 5.10 Å². The monoisotopic (exact) mass is 434 g/mol. The number of carbonyl (C=O) groups excluding carboxylic acids is 1. The van der Waals surface area contributed by atoms with Crippen molar-refractivity contribution in [2.45, 2.75) is 38.3 Å². The van der Waals surface area contributed by atoms with Crippen LogP contribution in [0.15, 0.2) is 17.3 Å². The van der Waals surface area contributed by atoms with Crippen LogP contribution in [-0.2, 0) is 18.4 Å². The normalized spacial score (nSPS) is 15.2. The largest absolute Gasteiger partial charge is 0.354 e. The molecular formula is C15H27IN6O. The molecule has 0 aromatic carbocycles. The maximum atomic E-state index is 11.7. The van der Waals surface area contributed by atoms with Crippen molar-refractivity contribution in [3.8, 4) is 0 Å². The Morgan fingerprint density at radius 1 is 1.43 bits per heavy atom. The number of rotatable bonds is 5. The topological polar surface area (TPSA) is 74.5 Å². The highest BCUT2D eigenvalue weighted by molar-refractivity contribution is 14.0. The second kappa shape index (κ2) is 9.74. The molecule has 1 heterocycles. The highest BCUT2D eigenvalue weighted by Crippen LogP contribution is 2.17. The predicted molar refractivity (Wildman–Crippen MR) is 102 cm³/mol. The Hall–Kier alpha value is -1.32. The van der Waals surface area contributed by atoms with Gasteiger partial charge in [0.05, 0.1) is 18.8 Å². The molecular weight excluding hydrogens is 407 g/mol. The Bertz CT molecular complexity index is 522. The molecule has 0 aliphatic heterocycles. The van der Waals surface area contributed by atoms with Crippen molar-refractivity contribution in [1.82, 2.24) is 25.3 Å². The van der Waals surface area contributed by atoms with E-state index in [4.69, 9.17) is 0 Å². The molecule has 130 valence electrons. The Morgan fingerprint density at radius 3 is 2.70 bits per heavy atom. The van der Waals surface area contributed by atoms with Gasteiger partial charge in [-0.3, -0.25) is 9.48 Å². The number of hydrogen-bond donors (Lipinski definition) is 2. The van der Waals surface area contributed by atoms with Gasteiger partial charge in [-0.15, -0.1) is 24.0 Å². The standard InChI is InChI=1S/C15H26N6O.HI/c1-20(2)14(22)11-17-15(18-12-6-4-5-7-12)16-10-13-8-9-21(3)19-13;/h8-9,12H,4-7,10-11H2,1-3H3,(H2,16,17,18);1H. The molecule has 1 aromatic rings. The zero-order valence-corrected chi connectivity index (χ0v) is 16.4. The fourth-order valence-electron chi connectivity index (χ4n) is 2.44. The van der Waals surface area contributed by atoms with Crippen LogP contribution in [-0.4, -0.2) is 53.2 Å². The Labute approximate surface area is 154 Å². The molecule has 2 N–H and O–H groups in total. The van der Waals surface area contributed by atoms with Gasteiger partial charge in [-0.1, -0.05) is 12.8 Å². The van der Waals surface area contributed by atoms with Crippen molar-refractivity contribution < 1.29 is 4.79 Å². The summed E-state index contributed by atoms with van der Waals surface area (Å²) >= 11 is 0. The summed E-state index contributed by atoms with van der Waals surface area (Å²) in [5.74, 6) is 0.714. The summed E-state index contributed by atoms with van der Waals surface area (Å²) in [7, 11) is 5.39. The van der Waals surface area contributed by atoms with Crippen LogP contribution in [0.2, 0.25) is 0 Å². The van der Waals surface area contributed by atoms with Crippen LogP contribution in [0.4, 0.5) is 0 Å². The zero-order chi connectivity index (χ0) is 15.9. The number of aliphatic imine (C=N–C) groups is 1. The van der Waals surface area contributed by atoms with Gasteiger partial charge in [-0.05, 0) is 18.9 Å². The first-order valence-electron chi connectivity index (χ1n) is 7.78. The third-order valence-corrected chi connectivity index (χ3v) is 3.77. The average molecular weight is 434 g/mol. The van der Waals surface area contributed by atoms with E-state index in [9.17, 15) is 4.79 Å². The van der Waals surface area contributed by atoms with E-state index in [1.165, 1.54) is 12.8 Å². The van der Waals surface area contributed by atoms with E-state index >= 15 is 0 Å². The number of nitrogens with one attached hydrogen (secondary N) is 2. The van der Waals surface area contributed by atoms with Crippen molar-refractivity contribution in [2.24, 2.45) is 12.0 Å². The number of aromatic nitrogens is 2. The molecule has 1 aromatic heterocycles. The first kappa shape index (κ1) is 19.7. The highest BCUT2D eigenvalue weighted by Gasteiger charge is 2.16. The average Bonchev–Trinajstić information content (AvgIpc) is 3.13. The molecule has 1 saturated carbocycles. The van der Waals surface area contributed by atoms with Crippen LogP contribution in [0.1, 0.15) is 31.4 Å². The molecule has 1 aliphatic rings. The van der Waals surface area contributed by atoms with E-state index in [2.05, 4.69) is 20.7 Å². The summed E-state index contributed by atoms with van der Waals surface area (Å²) in [4.78, 5) is 17.8. The molecule has 0 unspecified atom stereocenters. The van der Waals surface area contributed by atoms with Crippen LogP contribution in [0, 0.1) is 0 Å². The van der Waals surface area contributed by atoms with Gasteiger partial charge >= 0.3 is 0 Å². The van der Waals surface area contributed by atoms with Crippen molar-refractivity contribution in [3.63, 3.8) is 0 Å². The number of halogens is 1. The molecule has 2 rings (SSSR count). The zero-order valence-electron chi connectivity index (χ0n) is 14.1. The summed E-state index contributed by atoms with van der Waals surface area (Å²) in [6.07, 6.45) is 6.72. The van der Waals surface area contributed by atoms with Crippen LogP contribution in [0.5, 0.6) is 0 Å². The molecule has 0 bridgehead atoms. The smallest absolute Gasteiger partial charge is 0.241 e. The minimum Gasteiger partial charge on any atom is -0.354 e. The van der Waals surface area contributed by atoms with Gasteiger partial charge in [0, 0.05) is 33.4 Å². The van der Waals surface area contributed by atoms with E-state index in [-0.39, 0.29) is 36.4 Å². The highest BCUT2D eigenvalue weighted by atomic mass is 127. The first-order chi connectivity index (χ1) is 10.5. The van der Waals surface area contributed by atoms with E-state index in [0.717, 1.165) is 18.5 Å². The van der Waals surface area contributed by atoms with E-state index in [1.54, 1.807) is 23.7 Å². The van der Waals surface area contributed by atoms with E-state index in [1.807, 2.05) is 19.3 Å². The van der Waals surface area contributed by atoms with E-state index in [0.29, 0.717) is 18.5 Å². The first-order valence-corrected chi connectivity index (χ1v) is 7.78. The van der Waals surface area contributed by atoms with Crippen LogP contribution in [0.25, 0.3) is 0 Å². The molecule has 8 heteroatoms. The summed E-state index contributed by atoms with van der Waals surface area (Å²) < 4.78 is 1.76. The molecule has 1 amide bonds. The molecule has 1 fully saturated rings. The molecule has 0 spiro atoms. The van der Waals surface area contributed by atoms with Gasteiger partial charge in [-0.25, -0.2) is 4.99 Å². The summed E-state index contributed by atoms with van der Waals surface area (Å²) in [6.45, 7) is 0.743. The maximum Gasteiger partial charge on any atom is 0.241 e. The Kier molecular flexibility index (Phi) is 8.35. The van der Waals surface area contributed by atoms with Gasteiger partial charge in [0.15, 0.2) is 5.96 Å². The Balaban J connectivity index is 0.00000264. The third kappa shape index (κ3) is 6.76. The summed E-state index contributed by atoms with van der Waals surface area (Å²) in [5, 5.41) is 10.9. The lowest BCUT2D eigenvalue weighted by Crippen LogP contribution is -2.46. The van der Waals surface area contributed by atoms with Gasteiger partial charge < -0.3 is 15.5 Å². The lowest BCUT2D eigenvalue weighted by molar-refractivity contribution is -0.127. The SMILES string of the molecule is CN(C)C(=O)CNC(=NCc1ccn(C)n1)NC1CCCC1.I. The molecule has 7 nitrogen and oxygen atoms in total. The van der Waals surface area contributed by atoms with Gasteiger partial charge in [0.25, 0.3) is 0 Å². The van der Waals surface area contributed by atoms with Gasteiger partial charge in [0.1, 0.15) is 0 Å². The molecule has 0 atom stereocenters. The fourth-order valence-corrected chi connectivity index (χ4v) is 2.44. The minimum absolute atomic E-state index is 0. The summed E-state index contributed by atoms with van der Waals surface area (Å²) in [5.41, 5.74) is 0.911.